The summed E-state index contributed by atoms with van der Waals surface area (Å²) in [7, 11) is 1.54. The lowest BCUT2D eigenvalue weighted by atomic mass is 10.1. The fraction of sp³-hybridized carbons (Fsp3) is 0.185. The molecular formula is C27H23BrClNO5S. The molecule has 3 aromatic rings. The summed E-state index contributed by atoms with van der Waals surface area (Å²) in [5.74, 6) is 1.33. The minimum absolute atomic E-state index is 0.164. The molecule has 0 unspecified atom stereocenters. The molecule has 1 saturated heterocycles. The SMILES string of the molecule is COc1cc(/C=C2\SC(=O)N(CCOc3ccc(C)cc3)C2=O)cc(Br)c1OCc1ccccc1Cl. The number of imide groups is 1. The summed E-state index contributed by atoms with van der Waals surface area (Å²) in [6.45, 7) is 2.63. The van der Waals surface area contributed by atoms with Crippen LogP contribution in [0.3, 0.4) is 0 Å². The zero-order valence-electron chi connectivity index (χ0n) is 19.6. The number of thioether (sulfide) groups is 1. The average molecular weight is 589 g/mol. The van der Waals surface area contributed by atoms with Crippen molar-refractivity contribution < 1.29 is 23.8 Å². The lowest BCUT2D eigenvalue weighted by Crippen LogP contribution is -2.32. The molecule has 6 nitrogen and oxygen atoms in total. The van der Waals surface area contributed by atoms with E-state index in [4.69, 9.17) is 25.8 Å². The van der Waals surface area contributed by atoms with Crippen molar-refractivity contribution in [3.8, 4) is 17.2 Å². The van der Waals surface area contributed by atoms with Crippen molar-refractivity contribution in [1.29, 1.82) is 0 Å². The number of carbonyl (C=O) groups is 2. The average Bonchev–Trinajstić information content (AvgIpc) is 3.12. The van der Waals surface area contributed by atoms with Gasteiger partial charge in [0.25, 0.3) is 11.1 Å². The molecule has 0 aliphatic carbocycles. The smallest absolute Gasteiger partial charge is 0.293 e. The molecule has 9 heteroatoms. The molecule has 0 bridgehead atoms. The predicted octanol–water partition coefficient (Wildman–Crippen LogP) is 7.11. The first-order chi connectivity index (χ1) is 17.4. The van der Waals surface area contributed by atoms with Gasteiger partial charge in [-0.3, -0.25) is 14.5 Å². The Balaban J connectivity index is 1.44. The van der Waals surface area contributed by atoms with Crippen molar-refractivity contribution in [3.05, 3.63) is 91.8 Å². The molecule has 1 fully saturated rings. The van der Waals surface area contributed by atoms with Crippen molar-refractivity contribution in [2.45, 2.75) is 13.5 Å². The molecule has 0 N–H and O–H groups in total. The Morgan fingerprint density at radius 2 is 1.81 bits per heavy atom. The molecule has 0 atom stereocenters. The van der Waals surface area contributed by atoms with Gasteiger partial charge in [0, 0.05) is 10.6 Å². The first-order valence-corrected chi connectivity index (χ1v) is 13.0. The fourth-order valence-corrected chi connectivity index (χ4v) is 5.09. The van der Waals surface area contributed by atoms with Gasteiger partial charge in [0.15, 0.2) is 11.5 Å². The fourth-order valence-electron chi connectivity index (χ4n) is 3.46. The molecule has 3 aromatic carbocycles. The van der Waals surface area contributed by atoms with E-state index in [9.17, 15) is 9.59 Å². The van der Waals surface area contributed by atoms with E-state index in [-0.39, 0.29) is 30.9 Å². The monoisotopic (exact) mass is 587 g/mol. The van der Waals surface area contributed by atoms with Crippen LogP contribution in [0.2, 0.25) is 5.02 Å². The van der Waals surface area contributed by atoms with Gasteiger partial charge in [-0.1, -0.05) is 47.5 Å². The van der Waals surface area contributed by atoms with Gasteiger partial charge in [-0.2, -0.15) is 0 Å². The maximum atomic E-state index is 12.9. The van der Waals surface area contributed by atoms with Crippen molar-refractivity contribution >= 4 is 56.5 Å². The number of aryl methyl sites for hydroxylation is 1. The maximum Gasteiger partial charge on any atom is 0.293 e. The summed E-state index contributed by atoms with van der Waals surface area (Å²) in [5, 5.41) is 0.286. The van der Waals surface area contributed by atoms with E-state index in [2.05, 4.69) is 15.9 Å². The van der Waals surface area contributed by atoms with E-state index in [1.54, 1.807) is 24.3 Å². The lowest BCUT2D eigenvalue weighted by Gasteiger charge is -2.14. The van der Waals surface area contributed by atoms with Gasteiger partial charge in [-0.05, 0) is 76.6 Å². The van der Waals surface area contributed by atoms with E-state index >= 15 is 0 Å². The molecule has 2 amide bonds. The van der Waals surface area contributed by atoms with Gasteiger partial charge < -0.3 is 14.2 Å². The van der Waals surface area contributed by atoms with Crippen LogP contribution in [0, 0.1) is 6.92 Å². The topological polar surface area (TPSA) is 65.1 Å². The second kappa shape index (κ2) is 11.9. The number of ether oxygens (including phenoxy) is 3. The molecule has 0 radical (unpaired) electrons. The lowest BCUT2D eigenvalue weighted by molar-refractivity contribution is -0.123. The zero-order chi connectivity index (χ0) is 25.7. The normalized spacial score (nSPS) is 14.4. The minimum atomic E-state index is -0.355. The first kappa shape index (κ1) is 26.1. The third-order valence-electron chi connectivity index (χ3n) is 5.36. The highest BCUT2D eigenvalue weighted by atomic mass is 79.9. The highest BCUT2D eigenvalue weighted by molar-refractivity contribution is 9.10. The van der Waals surface area contributed by atoms with Crippen molar-refractivity contribution in [1.82, 2.24) is 4.90 Å². The molecule has 186 valence electrons. The minimum Gasteiger partial charge on any atom is -0.493 e. The van der Waals surface area contributed by atoms with E-state index in [0.29, 0.717) is 37.2 Å². The Kier molecular flexibility index (Phi) is 8.61. The Bertz CT molecular complexity index is 1310. The van der Waals surface area contributed by atoms with Crippen molar-refractivity contribution in [3.63, 3.8) is 0 Å². The van der Waals surface area contributed by atoms with Gasteiger partial charge in [-0.25, -0.2) is 0 Å². The van der Waals surface area contributed by atoms with Crippen LogP contribution in [0.5, 0.6) is 17.2 Å². The molecule has 1 aliphatic heterocycles. The van der Waals surface area contributed by atoms with Crippen molar-refractivity contribution in [2.24, 2.45) is 0 Å². The molecule has 36 heavy (non-hydrogen) atoms. The molecule has 0 saturated carbocycles. The Hall–Kier alpha value is -2.94. The number of amides is 2. The number of carbonyl (C=O) groups excluding carboxylic acids is 2. The van der Waals surface area contributed by atoms with Gasteiger partial charge in [0.1, 0.15) is 19.0 Å². The maximum absolute atomic E-state index is 12.9. The van der Waals surface area contributed by atoms with Gasteiger partial charge >= 0.3 is 0 Å². The van der Waals surface area contributed by atoms with Crippen LogP contribution < -0.4 is 14.2 Å². The Labute approximate surface area is 227 Å². The third kappa shape index (κ3) is 6.24. The quantitative estimate of drug-likeness (QED) is 0.248. The summed E-state index contributed by atoms with van der Waals surface area (Å²) in [6, 6.07) is 18.6. The van der Waals surface area contributed by atoms with Crippen molar-refractivity contribution in [2.75, 3.05) is 20.3 Å². The molecular weight excluding hydrogens is 566 g/mol. The van der Waals surface area contributed by atoms with Crippen LogP contribution in [-0.4, -0.2) is 36.3 Å². The predicted molar refractivity (Wildman–Crippen MR) is 146 cm³/mol. The van der Waals surface area contributed by atoms with Crippen LogP contribution in [0.4, 0.5) is 4.79 Å². The highest BCUT2D eigenvalue weighted by Crippen LogP contribution is 2.39. The van der Waals surface area contributed by atoms with Crippen LogP contribution in [0.1, 0.15) is 16.7 Å². The number of halogens is 2. The number of benzene rings is 3. The zero-order valence-corrected chi connectivity index (χ0v) is 22.8. The Morgan fingerprint density at radius 1 is 1.06 bits per heavy atom. The van der Waals surface area contributed by atoms with Crippen LogP contribution >= 0.6 is 39.3 Å². The largest absolute Gasteiger partial charge is 0.493 e. The summed E-state index contributed by atoms with van der Waals surface area (Å²) < 4.78 is 17.8. The number of rotatable bonds is 9. The van der Waals surface area contributed by atoms with Gasteiger partial charge in [0.05, 0.1) is 23.0 Å². The summed E-state index contributed by atoms with van der Waals surface area (Å²) in [5.41, 5.74) is 2.66. The second-order valence-corrected chi connectivity index (χ2v) is 10.2. The van der Waals surface area contributed by atoms with Crippen LogP contribution in [-0.2, 0) is 11.4 Å². The summed E-state index contributed by atoms with van der Waals surface area (Å²) >= 11 is 10.7. The number of hydrogen-bond donors (Lipinski definition) is 0. The number of hydrogen-bond acceptors (Lipinski definition) is 6. The van der Waals surface area contributed by atoms with Gasteiger partial charge in [-0.15, -0.1) is 0 Å². The molecule has 0 spiro atoms. The summed E-state index contributed by atoms with van der Waals surface area (Å²) in [6.07, 6.45) is 1.66. The molecule has 1 heterocycles. The molecule has 0 aromatic heterocycles. The molecule has 4 rings (SSSR count). The van der Waals surface area contributed by atoms with E-state index in [1.807, 2.05) is 49.4 Å². The second-order valence-electron chi connectivity index (χ2n) is 7.91. The Morgan fingerprint density at radius 3 is 2.53 bits per heavy atom. The third-order valence-corrected chi connectivity index (χ3v) is 7.22. The number of methoxy groups -OCH3 is 1. The van der Waals surface area contributed by atoms with Gasteiger partial charge in [0.2, 0.25) is 0 Å². The number of nitrogens with zero attached hydrogens (tertiary/aromatic N) is 1. The van der Waals surface area contributed by atoms with E-state index in [1.165, 1.54) is 12.0 Å². The van der Waals surface area contributed by atoms with E-state index in [0.717, 1.165) is 22.9 Å². The van der Waals surface area contributed by atoms with E-state index < -0.39 is 0 Å². The van der Waals surface area contributed by atoms with Crippen LogP contribution in [0.15, 0.2) is 70.0 Å². The first-order valence-electron chi connectivity index (χ1n) is 11.0. The standard InChI is InChI=1S/C27H23BrClNO5S/c1-17-7-9-20(10-8-17)34-12-11-30-26(31)24(36-27(30)32)15-18-13-21(28)25(23(14-18)33-2)35-16-19-5-3-4-6-22(19)29/h3-10,13-15H,11-12,16H2,1-2H3/b24-15-. The summed E-state index contributed by atoms with van der Waals surface area (Å²) in [4.78, 5) is 26.9. The van der Waals surface area contributed by atoms with Crippen LogP contribution in [0.25, 0.3) is 6.08 Å². The highest BCUT2D eigenvalue weighted by Gasteiger charge is 2.35. The molecule has 1 aliphatic rings.